The van der Waals surface area contributed by atoms with Gasteiger partial charge >= 0.3 is 6.18 Å². The highest BCUT2D eigenvalue weighted by Crippen LogP contribution is 2.13. The number of rotatable bonds is 4. The molecule has 0 aromatic rings. The molecule has 0 spiro atoms. The van der Waals surface area contributed by atoms with E-state index in [9.17, 15) is 13.2 Å². The number of ether oxygens (including phenoxy) is 1. The molecule has 0 aliphatic heterocycles. The van der Waals surface area contributed by atoms with Crippen LogP contribution in [0.4, 0.5) is 13.2 Å². The lowest BCUT2D eigenvalue weighted by atomic mass is 10.1. The molecular formula is C8H16F3NO. The fourth-order valence-corrected chi connectivity index (χ4v) is 0.686. The van der Waals surface area contributed by atoms with Gasteiger partial charge in [0.05, 0.1) is 6.61 Å². The Balaban J connectivity index is 3.28. The molecule has 0 aromatic carbocycles. The van der Waals surface area contributed by atoms with Gasteiger partial charge in [-0.3, -0.25) is 0 Å². The van der Waals surface area contributed by atoms with Crippen molar-refractivity contribution in [2.24, 2.45) is 0 Å². The summed E-state index contributed by atoms with van der Waals surface area (Å²) in [7, 11) is 0. The van der Waals surface area contributed by atoms with Crippen LogP contribution >= 0.6 is 0 Å². The quantitative estimate of drug-likeness (QED) is 0.699. The van der Waals surface area contributed by atoms with Gasteiger partial charge < -0.3 is 10.1 Å². The number of hydrogen-bond donors (Lipinski definition) is 1. The maximum absolute atomic E-state index is 11.6. The maximum atomic E-state index is 11.6. The Hall–Kier alpha value is -0.290. The predicted molar refractivity (Wildman–Crippen MR) is 44.6 cm³/mol. The zero-order valence-corrected chi connectivity index (χ0v) is 8.16. The van der Waals surface area contributed by atoms with E-state index >= 15 is 0 Å². The highest BCUT2D eigenvalue weighted by molar-refractivity contribution is 4.69. The summed E-state index contributed by atoms with van der Waals surface area (Å²) in [6.45, 7) is 5.17. The van der Waals surface area contributed by atoms with Crippen LogP contribution < -0.4 is 5.32 Å². The van der Waals surface area contributed by atoms with Gasteiger partial charge in [0, 0.05) is 12.1 Å². The lowest BCUT2D eigenvalue weighted by Gasteiger charge is -2.20. The van der Waals surface area contributed by atoms with Crippen molar-refractivity contribution in [2.75, 3.05) is 19.8 Å². The highest BCUT2D eigenvalue weighted by atomic mass is 19.4. The molecule has 0 bridgehead atoms. The maximum Gasteiger partial charge on any atom is 0.411 e. The Morgan fingerprint density at radius 2 is 1.69 bits per heavy atom. The zero-order chi connectivity index (χ0) is 10.5. The average Bonchev–Trinajstić information content (AvgIpc) is 1.81. The van der Waals surface area contributed by atoms with Crippen molar-refractivity contribution in [3.8, 4) is 0 Å². The van der Waals surface area contributed by atoms with Gasteiger partial charge in [-0.1, -0.05) is 0 Å². The first kappa shape index (κ1) is 12.7. The Labute approximate surface area is 76.5 Å². The second-order valence-electron chi connectivity index (χ2n) is 3.84. The molecule has 0 saturated carbocycles. The number of alkyl halides is 3. The lowest BCUT2D eigenvalue weighted by molar-refractivity contribution is -0.173. The summed E-state index contributed by atoms with van der Waals surface area (Å²) in [5, 5.41) is 3.02. The molecule has 0 unspecified atom stereocenters. The van der Waals surface area contributed by atoms with Gasteiger partial charge in [-0.2, -0.15) is 13.2 Å². The molecular weight excluding hydrogens is 183 g/mol. The molecule has 0 rings (SSSR count). The number of nitrogens with one attached hydrogen (secondary N) is 1. The van der Waals surface area contributed by atoms with E-state index in [-0.39, 0.29) is 12.1 Å². The van der Waals surface area contributed by atoms with Crippen molar-refractivity contribution in [3.05, 3.63) is 0 Å². The van der Waals surface area contributed by atoms with Crippen LogP contribution in [0.5, 0.6) is 0 Å². The monoisotopic (exact) mass is 199 g/mol. The minimum atomic E-state index is -4.22. The average molecular weight is 199 g/mol. The van der Waals surface area contributed by atoms with Crippen LogP contribution in [0.1, 0.15) is 20.8 Å². The van der Waals surface area contributed by atoms with Gasteiger partial charge in [0.25, 0.3) is 0 Å². The van der Waals surface area contributed by atoms with Crippen molar-refractivity contribution < 1.29 is 17.9 Å². The predicted octanol–water partition coefficient (Wildman–Crippen LogP) is 1.95. The normalized spacial score (nSPS) is 13.4. The molecule has 0 atom stereocenters. The Bertz CT molecular complexity index is 123. The lowest BCUT2D eigenvalue weighted by Crippen LogP contribution is -2.38. The van der Waals surface area contributed by atoms with Gasteiger partial charge in [0.1, 0.15) is 6.61 Å². The summed E-state index contributed by atoms with van der Waals surface area (Å²) < 4.78 is 39.1. The fraction of sp³-hybridized carbons (Fsp3) is 1.00. The third-order valence-corrected chi connectivity index (χ3v) is 1.17. The van der Waals surface area contributed by atoms with Gasteiger partial charge in [-0.15, -0.1) is 0 Å². The van der Waals surface area contributed by atoms with E-state index in [0.29, 0.717) is 6.54 Å². The van der Waals surface area contributed by atoms with Crippen LogP contribution in [0.25, 0.3) is 0 Å². The van der Waals surface area contributed by atoms with E-state index in [1.165, 1.54) is 0 Å². The van der Waals surface area contributed by atoms with Gasteiger partial charge in [-0.05, 0) is 20.8 Å². The van der Waals surface area contributed by atoms with Crippen LogP contribution in [-0.4, -0.2) is 31.5 Å². The van der Waals surface area contributed by atoms with Crippen LogP contribution in [0.15, 0.2) is 0 Å². The fourth-order valence-electron chi connectivity index (χ4n) is 0.686. The molecule has 0 fully saturated rings. The van der Waals surface area contributed by atoms with Crippen LogP contribution in [0.2, 0.25) is 0 Å². The van der Waals surface area contributed by atoms with E-state index < -0.39 is 12.8 Å². The molecule has 5 heteroatoms. The van der Waals surface area contributed by atoms with E-state index in [0.717, 1.165) is 0 Å². The molecule has 80 valence electrons. The molecule has 0 radical (unpaired) electrons. The SMILES string of the molecule is CC(C)(C)NCCOCC(F)(F)F. The molecule has 0 heterocycles. The van der Waals surface area contributed by atoms with Crippen molar-refractivity contribution >= 4 is 0 Å². The van der Waals surface area contributed by atoms with Crippen molar-refractivity contribution in [2.45, 2.75) is 32.5 Å². The highest BCUT2D eigenvalue weighted by Gasteiger charge is 2.27. The second-order valence-corrected chi connectivity index (χ2v) is 3.84. The summed E-state index contributed by atoms with van der Waals surface area (Å²) in [5.74, 6) is 0. The molecule has 0 aromatic heterocycles. The smallest absolute Gasteiger partial charge is 0.371 e. The largest absolute Gasteiger partial charge is 0.411 e. The Morgan fingerprint density at radius 1 is 1.15 bits per heavy atom. The van der Waals surface area contributed by atoms with Crippen molar-refractivity contribution in [1.82, 2.24) is 5.32 Å². The van der Waals surface area contributed by atoms with Crippen LogP contribution in [-0.2, 0) is 4.74 Å². The third-order valence-electron chi connectivity index (χ3n) is 1.17. The van der Waals surface area contributed by atoms with Crippen LogP contribution in [0, 0.1) is 0 Å². The first-order valence-corrected chi connectivity index (χ1v) is 4.10. The molecule has 0 aliphatic rings. The third kappa shape index (κ3) is 11.7. The van der Waals surface area contributed by atoms with Crippen LogP contribution in [0.3, 0.4) is 0 Å². The van der Waals surface area contributed by atoms with Crippen molar-refractivity contribution in [3.63, 3.8) is 0 Å². The summed E-state index contributed by atoms with van der Waals surface area (Å²) in [6.07, 6.45) is -4.22. The van der Waals surface area contributed by atoms with E-state index in [2.05, 4.69) is 10.1 Å². The van der Waals surface area contributed by atoms with Gasteiger partial charge in [0.15, 0.2) is 0 Å². The minimum Gasteiger partial charge on any atom is -0.371 e. The summed E-state index contributed by atoms with van der Waals surface area (Å²) >= 11 is 0. The van der Waals surface area contributed by atoms with E-state index in [1.807, 2.05) is 20.8 Å². The Morgan fingerprint density at radius 3 is 2.08 bits per heavy atom. The molecule has 0 amide bonds. The molecule has 2 nitrogen and oxygen atoms in total. The van der Waals surface area contributed by atoms with E-state index in [1.54, 1.807) is 0 Å². The second kappa shape index (κ2) is 4.81. The standard InChI is InChI=1S/C8H16F3NO/c1-7(2,3)12-4-5-13-6-8(9,10)11/h12H,4-6H2,1-3H3. The zero-order valence-electron chi connectivity index (χ0n) is 8.16. The summed E-state index contributed by atoms with van der Waals surface area (Å²) in [5.41, 5.74) is -0.0818. The molecule has 1 N–H and O–H groups in total. The molecule has 13 heavy (non-hydrogen) atoms. The topological polar surface area (TPSA) is 21.3 Å². The van der Waals surface area contributed by atoms with E-state index in [4.69, 9.17) is 0 Å². The van der Waals surface area contributed by atoms with Gasteiger partial charge in [0.2, 0.25) is 0 Å². The number of halogens is 3. The Kier molecular flexibility index (Phi) is 4.70. The summed E-state index contributed by atoms with van der Waals surface area (Å²) in [6, 6.07) is 0. The minimum absolute atomic E-state index is 0.0801. The van der Waals surface area contributed by atoms with Gasteiger partial charge in [-0.25, -0.2) is 0 Å². The molecule has 0 saturated heterocycles. The number of hydrogen-bond acceptors (Lipinski definition) is 2. The molecule has 0 aliphatic carbocycles. The first-order chi connectivity index (χ1) is 5.71. The summed E-state index contributed by atoms with van der Waals surface area (Å²) in [4.78, 5) is 0. The first-order valence-electron chi connectivity index (χ1n) is 4.10. The van der Waals surface area contributed by atoms with Crippen molar-refractivity contribution in [1.29, 1.82) is 0 Å².